The van der Waals surface area contributed by atoms with Crippen LogP contribution in [0.25, 0.3) is 0 Å². The third kappa shape index (κ3) is 3.21. The lowest BCUT2D eigenvalue weighted by molar-refractivity contribution is -0.0584. The van der Waals surface area contributed by atoms with Gasteiger partial charge in [0.25, 0.3) is 11.8 Å². The number of fused-ring (bicyclic) bond motifs is 1. The van der Waals surface area contributed by atoms with Gasteiger partial charge < -0.3 is 9.57 Å². The number of hydrogen-bond acceptors (Lipinski definition) is 6. The Balaban J connectivity index is 1.76. The summed E-state index contributed by atoms with van der Waals surface area (Å²) in [6.07, 6.45) is 2.12. The Kier molecular flexibility index (Phi) is 4.47. The Labute approximate surface area is 144 Å². The zero-order chi connectivity index (χ0) is 18.0. The van der Waals surface area contributed by atoms with E-state index in [0.717, 1.165) is 6.42 Å². The zero-order valence-electron chi connectivity index (χ0n) is 13.8. The number of ether oxygens (including phenoxy) is 1. The molecule has 7 nitrogen and oxygen atoms in total. The number of hydrogen-bond donors (Lipinski definition) is 0. The Morgan fingerprint density at radius 1 is 1.16 bits per heavy atom. The van der Waals surface area contributed by atoms with E-state index in [2.05, 4.69) is 4.98 Å². The summed E-state index contributed by atoms with van der Waals surface area (Å²) in [5.74, 6) is -1.91. The molecule has 1 atom stereocenters. The van der Waals surface area contributed by atoms with Gasteiger partial charge in [-0.1, -0.05) is 24.1 Å². The molecule has 0 aliphatic carbocycles. The predicted octanol–water partition coefficient (Wildman–Crippen LogP) is 2.63. The molecule has 1 aromatic carbocycles. The molecule has 0 fully saturated rings. The van der Waals surface area contributed by atoms with Gasteiger partial charge in [-0.3, -0.25) is 9.59 Å². The molecular formula is C18H16N2O5. The molecule has 3 rings (SSSR count). The van der Waals surface area contributed by atoms with Crippen LogP contribution >= 0.6 is 0 Å². The van der Waals surface area contributed by atoms with Crippen molar-refractivity contribution in [2.75, 3.05) is 0 Å². The maximum absolute atomic E-state index is 12.3. The summed E-state index contributed by atoms with van der Waals surface area (Å²) in [6, 6.07) is 9.12. The van der Waals surface area contributed by atoms with Gasteiger partial charge in [0, 0.05) is 12.3 Å². The third-order valence-corrected chi connectivity index (χ3v) is 3.80. The topological polar surface area (TPSA) is 85.8 Å². The van der Waals surface area contributed by atoms with E-state index in [1.165, 1.54) is 30.5 Å². The second kappa shape index (κ2) is 6.72. The minimum absolute atomic E-state index is 0.0602. The summed E-state index contributed by atoms with van der Waals surface area (Å²) >= 11 is 0. The van der Waals surface area contributed by atoms with Crippen LogP contribution in [0.3, 0.4) is 0 Å². The fraction of sp³-hybridized carbons (Fsp3) is 0.222. The molecule has 0 N–H and O–H groups in total. The lowest BCUT2D eigenvalue weighted by Gasteiger charge is -2.14. The molecule has 1 aliphatic rings. The lowest BCUT2D eigenvalue weighted by Crippen LogP contribution is -2.32. The van der Waals surface area contributed by atoms with Crippen LogP contribution in [0.1, 0.15) is 51.3 Å². The standard InChI is InChI=1S/C18H16N2O5/c1-3-11(2)24-15-10-12(8-9-19-15)18(23)25-20-16(21)13-6-4-5-7-14(13)17(20)22/h4-11H,3H2,1-2H3. The van der Waals surface area contributed by atoms with Gasteiger partial charge in [0.05, 0.1) is 22.8 Å². The van der Waals surface area contributed by atoms with Crippen LogP contribution in [0.2, 0.25) is 0 Å². The number of carbonyl (C=O) groups is 3. The van der Waals surface area contributed by atoms with Crippen LogP contribution < -0.4 is 4.74 Å². The number of amides is 2. The molecule has 7 heteroatoms. The third-order valence-electron chi connectivity index (χ3n) is 3.80. The summed E-state index contributed by atoms with van der Waals surface area (Å²) in [4.78, 5) is 45.8. The highest BCUT2D eigenvalue weighted by Crippen LogP contribution is 2.23. The van der Waals surface area contributed by atoms with Crippen molar-refractivity contribution < 1.29 is 24.0 Å². The van der Waals surface area contributed by atoms with E-state index in [1.54, 1.807) is 12.1 Å². The molecule has 25 heavy (non-hydrogen) atoms. The molecule has 2 heterocycles. The van der Waals surface area contributed by atoms with E-state index < -0.39 is 17.8 Å². The van der Waals surface area contributed by atoms with Crippen molar-refractivity contribution in [3.8, 4) is 5.88 Å². The van der Waals surface area contributed by atoms with E-state index in [4.69, 9.17) is 9.57 Å². The molecule has 0 spiro atoms. The van der Waals surface area contributed by atoms with E-state index in [-0.39, 0.29) is 28.7 Å². The van der Waals surface area contributed by atoms with Crippen LogP contribution in [-0.2, 0) is 4.84 Å². The highest BCUT2D eigenvalue weighted by atomic mass is 16.7. The number of benzene rings is 1. The first-order chi connectivity index (χ1) is 12.0. The van der Waals surface area contributed by atoms with Crippen molar-refractivity contribution in [2.45, 2.75) is 26.4 Å². The average Bonchev–Trinajstić information content (AvgIpc) is 2.87. The van der Waals surface area contributed by atoms with Gasteiger partial charge in [-0.25, -0.2) is 9.78 Å². The number of rotatable bonds is 5. The van der Waals surface area contributed by atoms with Crippen molar-refractivity contribution in [2.24, 2.45) is 0 Å². The monoisotopic (exact) mass is 340 g/mol. The Hall–Kier alpha value is -3.22. The van der Waals surface area contributed by atoms with Gasteiger partial charge in [-0.05, 0) is 31.5 Å². The molecular weight excluding hydrogens is 324 g/mol. The van der Waals surface area contributed by atoms with E-state index >= 15 is 0 Å². The van der Waals surface area contributed by atoms with Crippen molar-refractivity contribution in [3.63, 3.8) is 0 Å². The maximum atomic E-state index is 12.3. The molecule has 0 saturated carbocycles. The largest absolute Gasteiger partial charge is 0.475 e. The number of nitrogens with zero attached hydrogens (tertiary/aromatic N) is 2. The second-order valence-electron chi connectivity index (χ2n) is 5.55. The molecule has 2 amide bonds. The number of carbonyl (C=O) groups excluding carboxylic acids is 3. The smallest absolute Gasteiger partial charge is 0.364 e. The van der Waals surface area contributed by atoms with Gasteiger partial charge in [0.1, 0.15) is 0 Å². The number of pyridine rings is 1. The van der Waals surface area contributed by atoms with Crippen LogP contribution in [0.15, 0.2) is 42.6 Å². The van der Waals surface area contributed by atoms with Crippen LogP contribution in [-0.4, -0.2) is 33.9 Å². The van der Waals surface area contributed by atoms with Gasteiger partial charge in [0.2, 0.25) is 5.88 Å². The van der Waals surface area contributed by atoms with Crippen molar-refractivity contribution in [3.05, 3.63) is 59.3 Å². The predicted molar refractivity (Wildman–Crippen MR) is 87.0 cm³/mol. The lowest BCUT2D eigenvalue weighted by atomic mass is 10.1. The number of hydroxylamine groups is 2. The normalized spacial score (nSPS) is 14.2. The Morgan fingerprint density at radius 3 is 2.40 bits per heavy atom. The number of aromatic nitrogens is 1. The minimum Gasteiger partial charge on any atom is -0.475 e. The van der Waals surface area contributed by atoms with Crippen molar-refractivity contribution >= 4 is 17.8 Å². The maximum Gasteiger partial charge on any atom is 0.364 e. The first-order valence-corrected chi connectivity index (χ1v) is 7.84. The van der Waals surface area contributed by atoms with Gasteiger partial charge in [-0.2, -0.15) is 0 Å². The molecule has 2 aromatic rings. The van der Waals surface area contributed by atoms with Crippen LogP contribution in [0.5, 0.6) is 5.88 Å². The average molecular weight is 340 g/mol. The van der Waals surface area contributed by atoms with Crippen LogP contribution in [0.4, 0.5) is 0 Å². The summed E-state index contributed by atoms with van der Waals surface area (Å²) in [5, 5.41) is 0.475. The molecule has 0 saturated heterocycles. The zero-order valence-corrected chi connectivity index (χ0v) is 13.8. The summed E-state index contributed by atoms with van der Waals surface area (Å²) in [6.45, 7) is 3.84. The minimum atomic E-state index is -0.842. The highest BCUT2D eigenvalue weighted by Gasteiger charge is 2.38. The number of imide groups is 1. The Bertz CT molecular complexity index is 814. The first kappa shape index (κ1) is 16.6. The van der Waals surface area contributed by atoms with Crippen molar-refractivity contribution in [1.82, 2.24) is 10.0 Å². The summed E-state index contributed by atoms with van der Waals surface area (Å²) in [7, 11) is 0. The molecule has 0 bridgehead atoms. The van der Waals surface area contributed by atoms with Gasteiger partial charge >= 0.3 is 5.97 Å². The molecule has 1 aromatic heterocycles. The fourth-order valence-corrected chi connectivity index (χ4v) is 2.28. The molecule has 1 aliphatic heterocycles. The first-order valence-electron chi connectivity index (χ1n) is 7.84. The van der Waals surface area contributed by atoms with Crippen LogP contribution in [0, 0.1) is 0 Å². The molecule has 128 valence electrons. The summed E-state index contributed by atoms with van der Waals surface area (Å²) in [5.41, 5.74) is 0.538. The van der Waals surface area contributed by atoms with Crippen molar-refractivity contribution in [1.29, 1.82) is 0 Å². The van der Waals surface area contributed by atoms with Gasteiger partial charge in [0.15, 0.2) is 0 Å². The Morgan fingerprint density at radius 2 is 1.80 bits per heavy atom. The van der Waals surface area contributed by atoms with E-state index in [9.17, 15) is 14.4 Å². The second-order valence-corrected chi connectivity index (χ2v) is 5.55. The fourth-order valence-electron chi connectivity index (χ4n) is 2.28. The molecule has 0 radical (unpaired) electrons. The highest BCUT2D eigenvalue weighted by molar-refractivity contribution is 6.21. The van der Waals surface area contributed by atoms with Gasteiger partial charge in [-0.15, -0.1) is 0 Å². The van der Waals surface area contributed by atoms with E-state index in [1.807, 2.05) is 13.8 Å². The SMILES string of the molecule is CCC(C)Oc1cc(C(=O)ON2C(=O)c3ccccc3C2=O)ccn1. The quantitative estimate of drug-likeness (QED) is 0.778. The molecule has 1 unspecified atom stereocenters. The summed E-state index contributed by atoms with van der Waals surface area (Å²) < 4.78 is 5.55. The van der Waals surface area contributed by atoms with E-state index in [0.29, 0.717) is 5.06 Å².